The first-order valence-corrected chi connectivity index (χ1v) is 8.16. The summed E-state index contributed by atoms with van der Waals surface area (Å²) >= 11 is 0. The van der Waals surface area contributed by atoms with Gasteiger partial charge in [0.25, 0.3) is 0 Å². The van der Waals surface area contributed by atoms with E-state index in [0.717, 1.165) is 12.5 Å². The van der Waals surface area contributed by atoms with E-state index in [0.29, 0.717) is 12.0 Å². The molecule has 0 aromatic carbocycles. The fraction of sp³-hybridized carbons (Fsp3) is 0.812. The van der Waals surface area contributed by atoms with Crippen LogP contribution >= 0.6 is 0 Å². The van der Waals surface area contributed by atoms with Crippen LogP contribution in [0.25, 0.3) is 0 Å². The number of rotatable bonds is 4. The molecule has 3 rings (SSSR count). The van der Waals surface area contributed by atoms with Crippen molar-refractivity contribution in [1.29, 1.82) is 0 Å². The zero-order valence-electron chi connectivity index (χ0n) is 12.4. The van der Waals surface area contributed by atoms with E-state index in [9.17, 15) is 0 Å². The van der Waals surface area contributed by atoms with Crippen LogP contribution in [0.4, 0.5) is 5.82 Å². The number of nitrogens with one attached hydrogen (secondary N) is 1. The monoisotopic (exact) mass is 261 g/mol. The molecule has 1 aliphatic carbocycles. The zero-order chi connectivity index (χ0) is 13.2. The Labute approximate surface area is 116 Å². The van der Waals surface area contributed by atoms with E-state index in [1.165, 1.54) is 56.5 Å². The maximum atomic E-state index is 4.97. The van der Waals surface area contributed by atoms with Crippen molar-refractivity contribution in [3.05, 3.63) is 11.8 Å². The number of hydrogen-bond acceptors (Lipinski definition) is 2. The molecular weight excluding hydrogens is 234 g/mol. The smallest absolute Gasteiger partial charge is 0.124 e. The molecule has 2 aliphatic rings. The summed E-state index contributed by atoms with van der Waals surface area (Å²) in [4.78, 5) is 0. The first-order chi connectivity index (χ1) is 9.33. The van der Waals surface area contributed by atoms with Gasteiger partial charge in [-0.25, -0.2) is 4.68 Å². The molecule has 0 saturated heterocycles. The lowest BCUT2D eigenvalue weighted by Crippen LogP contribution is -2.28. The van der Waals surface area contributed by atoms with Gasteiger partial charge in [0.05, 0.1) is 11.7 Å². The van der Waals surface area contributed by atoms with Gasteiger partial charge in [-0.15, -0.1) is 0 Å². The van der Waals surface area contributed by atoms with Gasteiger partial charge < -0.3 is 5.32 Å². The minimum absolute atomic E-state index is 0.629. The highest BCUT2D eigenvalue weighted by atomic mass is 15.4. The third-order valence-corrected chi connectivity index (χ3v) is 5.16. The van der Waals surface area contributed by atoms with Gasteiger partial charge in [0.1, 0.15) is 5.82 Å². The second-order valence-electron chi connectivity index (χ2n) is 6.24. The van der Waals surface area contributed by atoms with E-state index >= 15 is 0 Å². The fourth-order valence-electron chi connectivity index (χ4n) is 3.95. The molecule has 2 heterocycles. The molecule has 1 unspecified atom stereocenters. The molecule has 1 aliphatic heterocycles. The largest absolute Gasteiger partial charge is 0.370 e. The van der Waals surface area contributed by atoms with Crippen LogP contribution in [-0.4, -0.2) is 16.3 Å². The van der Waals surface area contributed by atoms with Crippen molar-refractivity contribution in [3.8, 4) is 0 Å². The molecule has 106 valence electrons. The molecule has 1 N–H and O–H groups in total. The van der Waals surface area contributed by atoms with Crippen LogP contribution in [0.15, 0.2) is 6.07 Å². The van der Waals surface area contributed by atoms with Crippen molar-refractivity contribution in [2.75, 3.05) is 11.9 Å². The molecule has 0 amide bonds. The van der Waals surface area contributed by atoms with E-state index in [2.05, 4.69) is 29.9 Å². The highest BCUT2D eigenvalue weighted by molar-refractivity contribution is 5.40. The summed E-state index contributed by atoms with van der Waals surface area (Å²) in [5.41, 5.74) is 1.30. The van der Waals surface area contributed by atoms with Gasteiger partial charge in [-0.2, -0.15) is 5.10 Å². The van der Waals surface area contributed by atoms with Crippen molar-refractivity contribution in [2.24, 2.45) is 5.92 Å². The Morgan fingerprint density at radius 3 is 2.68 bits per heavy atom. The molecule has 3 heteroatoms. The molecule has 1 atom stereocenters. The molecule has 0 bridgehead atoms. The maximum absolute atomic E-state index is 4.97. The molecule has 1 saturated carbocycles. The summed E-state index contributed by atoms with van der Waals surface area (Å²) < 4.78 is 2.33. The Morgan fingerprint density at radius 1 is 1.26 bits per heavy atom. The van der Waals surface area contributed by atoms with Gasteiger partial charge in [0.15, 0.2) is 0 Å². The molecule has 3 nitrogen and oxygen atoms in total. The van der Waals surface area contributed by atoms with Crippen LogP contribution in [0.3, 0.4) is 0 Å². The molecule has 1 fully saturated rings. The molecule has 0 radical (unpaired) electrons. The van der Waals surface area contributed by atoms with Gasteiger partial charge in [-0.05, 0) is 38.0 Å². The second-order valence-corrected chi connectivity index (χ2v) is 6.24. The van der Waals surface area contributed by atoms with Gasteiger partial charge in [-0.3, -0.25) is 0 Å². The van der Waals surface area contributed by atoms with Crippen LogP contribution < -0.4 is 5.32 Å². The molecule has 1 aromatic heterocycles. The normalized spacial score (nSPS) is 23.6. The third kappa shape index (κ3) is 2.39. The molecule has 0 spiro atoms. The first-order valence-electron chi connectivity index (χ1n) is 8.16. The summed E-state index contributed by atoms with van der Waals surface area (Å²) in [5, 5.41) is 8.51. The minimum atomic E-state index is 0.629. The fourth-order valence-corrected chi connectivity index (χ4v) is 3.95. The third-order valence-electron chi connectivity index (χ3n) is 5.16. The van der Waals surface area contributed by atoms with Crippen LogP contribution in [0.2, 0.25) is 0 Å². The number of aromatic nitrogens is 2. The summed E-state index contributed by atoms with van der Waals surface area (Å²) in [7, 11) is 0. The predicted molar refractivity (Wildman–Crippen MR) is 79.7 cm³/mol. The summed E-state index contributed by atoms with van der Waals surface area (Å²) in [6, 6.07) is 2.96. The molecule has 1 aromatic rings. The van der Waals surface area contributed by atoms with Crippen LogP contribution in [0.1, 0.15) is 76.4 Å². The summed E-state index contributed by atoms with van der Waals surface area (Å²) in [5.74, 6) is 2.77. The van der Waals surface area contributed by atoms with Crippen molar-refractivity contribution in [1.82, 2.24) is 9.78 Å². The number of hydrogen-bond donors (Lipinski definition) is 1. The topological polar surface area (TPSA) is 29.9 Å². The van der Waals surface area contributed by atoms with Crippen molar-refractivity contribution in [2.45, 2.75) is 70.8 Å². The van der Waals surface area contributed by atoms with Gasteiger partial charge in [-0.1, -0.05) is 26.7 Å². The number of anilines is 1. The Morgan fingerprint density at radius 2 is 2.00 bits per heavy atom. The van der Waals surface area contributed by atoms with Gasteiger partial charge in [0, 0.05) is 18.5 Å². The van der Waals surface area contributed by atoms with E-state index < -0.39 is 0 Å². The highest BCUT2D eigenvalue weighted by Gasteiger charge is 2.31. The average molecular weight is 261 g/mol. The highest BCUT2D eigenvalue weighted by Crippen LogP contribution is 2.40. The van der Waals surface area contributed by atoms with Crippen LogP contribution in [0, 0.1) is 5.92 Å². The van der Waals surface area contributed by atoms with Crippen molar-refractivity contribution < 1.29 is 0 Å². The van der Waals surface area contributed by atoms with E-state index in [1.54, 1.807) is 0 Å². The lowest BCUT2D eigenvalue weighted by molar-refractivity contribution is 0.288. The summed E-state index contributed by atoms with van der Waals surface area (Å²) in [6.45, 7) is 5.66. The SMILES string of the molecule is CCC(CC)c1cc2n(n1)C(C1CCCC1)CCN2. The number of fused-ring (bicyclic) bond motifs is 1. The maximum Gasteiger partial charge on any atom is 0.124 e. The molecule has 19 heavy (non-hydrogen) atoms. The lowest BCUT2D eigenvalue weighted by Gasteiger charge is -2.30. The van der Waals surface area contributed by atoms with Gasteiger partial charge in [0.2, 0.25) is 0 Å². The molecular formula is C16H27N3. The van der Waals surface area contributed by atoms with Crippen LogP contribution in [0.5, 0.6) is 0 Å². The van der Waals surface area contributed by atoms with Crippen molar-refractivity contribution >= 4 is 5.82 Å². The van der Waals surface area contributed by atoms with E-state index in [-0.39, 0.29) is 0 Å². The van der Waals surface area contributed by atoms with Crippen LogP contribution in [-0.2, 0) is 0 Å². The lowest BCUT2D eigenvalue weighted by atomic mass is 9.94. The Kier molecular flexibility index (Phi) is 3.81. The summed E-state index contributed by atoms with van der Waals surface area (Å²) in [6.07, 6.45) is 9.30. The average Bonchev–Trinajstić information content (AvgIpc) is 3.08. The number of nitrogens with zero attached hydrogens (tertiary/aromatic N) is 2. The van der Waals surface area contributed by atoms with Gasteiger partial charge >= 0.3 is 0 Å². The quantitative estimate of drug-likeness (QED) is 0.874. The second kappa shape index (κ2) is 5.56. The van der Waals surface area contributed by atoms with E-state index in [4.69, 9.17) is 5.10 Å². The van der Waals surface area contributed by atoms with Crippen molar-refractivity contribution in [3.63, 3.8) is 0 Å². The van der Waals surface area contributed by atoms with E-state index in [1.807, 2.05) is 0 Å². The Balaban J connectivity index is 1.86. The first kappa shape index (κ1) is 13.0. The zero-order valence-corrected chi connectivity index (χ0v) is 12.4. The minimum Gasteiger partial charge on any atom is -0.370 e. The predicted octanol–water partition coefficient (Wildman–Crippen LogP) is 4.33. The Hall–Kier alpha value is -0.990. The standard InChI is InChI=1S/C16H27N3/c1-3-12(4-2)14-11-16-17-10-9-15(19(16)18-14)13-7-5-6-8-13/h11-13,15,17H,3-10H2,1-2H3. The Bertz CT molecular complexity index is 414.